The highest BCUT2D eigenvalue weighted by Crippen LogP contribution is 2.45. The van der Waals surface area contributed by atoms with E-state index in [2.05, 4.69) is 14.9 Å². The van der Waals surface area contributed by atoms with Crippen LogP contribution in [0.3, 0.4) is 0 Å². The number of carbonyl (C=O) groups is 1. The highest BCUT2D eigenvalue weighted by Gasteiger charge is 2.31. The number of carbonyl (C=O) groups excluding carboxylic acids is 1. The number of para-hydroxylation sites is 1. The van der Waals surface area contributed by atoms with E-state index in [0.717, 1.165) is 27.7 Å². The number of benzene rings is 3. The monoisotopic (exact) mass is 532 g/mol. The minimum absolute atomic E-state index is 0.0419. The van der Waals surface area contributed by atoms with Crippen LogP contribution in [0.5, 0.6) is 0 Å². The Morgan fingerprint density at radius 2 is 1.71 bits per heavy atom. The summed E-state index contributed by atoms with van der Waals surface area (Å²) in [6.45, 7) is 6.04. The number of rotatable bonds is 7. The van der Waals surface area contributed by atoms with Crippen molar-refractivity contribution in [3.63, 3.8) is 0 Å². The lowest BCUT2D eigenvalue weighted by Crippen LogP contribution is -2.36. The minimum Gasteiger partial charge on any atom is -0.378 e. The summed E-state index contributed by atoms with van der Waals surface area (Å²) in [5.41, 5.74) is 4.81. The van der Waals surface area contributed by atoms with Crippen LogP contribution in [-0.2, 0) is 26.6 Å². The van der Waals surface area contributed by atoms with Crippen molar-refractivity contribution in [2.24, 2.45) is 7.05 Å². The number of hydrogen-bond acceptors (Lipinski definition) is 5. The molecule has 1 saturated heterocycles. The van der Waals surface area contributed by atoms with Gasteiger partial charge in [-0.25, -0.2) is 8.42 Å². The molecule has 1 aliphatic rings. The zero-order chi connectivity index (χ0) is 26.9. The summed E-state index contributed by atoms with van der Waals surface area (Å²) in [4.78, 5) is 14.7. The normalized spacial score (nSPS) is 14.0. The van der Waals surface area contributed by atoms with Gasteiger partial charge in [0.15, 0.2) is 0 Å². The number of amides is 1. The summed E-state index contributed by atoms with van der Waals surface area (Å²) in [5.74, 6) is -0.264. The Balaban J connectivity index is 1.81. The topological polar surface area (TPSA) is 92.7 Å². The lowest BCUT2D eigenvalue weighted by Gasteiger charge is -2.32. The van der Waals surface area contributed by atoms with Gasteiger partial charge >= 0.3 is 0 Å². The van der Waals surface area contributed by atoms with Gasteiger partial charge in [0.25, 0.3) is 10.0 Å². The van der Waals surface area contributed by atoms with Gasteiger partial charge in [0.05, 0.1) is 18.9 Å². The second kappa shape index (κ2) is 10.5. The average Bonchev–Trinajstić information content (AvgIpc) is 3.26. The molecule has 0 atom stereocenters. The van der Waals surface area contributed by atoms with Gasteiger partial charge in [0, 0.05) is 66.2 Å². The third kappa shape index (κ3) is 4.99. The number of nitrogens with one attached hydrogen (secondary N) is 2. The lowest BCUT2D eigenvalue weighted by molar-refractivity contribution is -0.115. The molecule has 0 spiro atoms. The van der Waals surface area contributed by atoms with Crippen LogP contribution < -0.4 is 14.9 Å². The first-order valence-corrected chi connectivity index (χ1v) is 14.2. The quantitative estimate of drug-likeness (QED) is 0.344. The van der Waals surface area contributed by atoms with Gasteiger partial charge in [-0.1, -0.05) is 42.8 Å². The van der Waals surface area contributed by atoms with E-state index >= 15 is 0 Å². The molecular formula is C29H32N4O4S. The van der Waals surface area contributed by atoms with Crippen molar-refractivity contribution in [1.29, 1.82) is 0 Å². The lowest BCUT2D eigenvalue weighted by atomic mass is 10.0. The predicted octanol–water partition coefficient (Wildman–Crippen LogP) is 5.14. The number of sulfonamides is 1. The van der Waals surface area contributed by atoms with E-state index in [1.807, 2.05) is 67.2 Å². The van der Waals surface area contributed by atoms with E-state index in [4.69, 9.17) is 4.74 Å². The summed E-state index contributed by atoms with van der Waals surface area (Å²) in [6.07, 6.45) is 2.18. The Labute approximate surface area is 223 Å². The molecule has 0 saturated carbocycles. The molecule has 2 heterocycles. The second-order valence-electron chi connectivity index (χ2n) is 9.48. The Kier molecular flexibility index (Phi) is 7.14. The van der Waals surface area contributed by atoms with Gasteiger partial charge in [-0.05, 0) is 37.3 Å². The number of hydrogen-bond donors (Lipinski definition) is 2. The fraction of sp³-hybridized carbons (Fsp3) is 0.276. The van der Waals surface area contributed by atoms with Gasteiger partial charge in [0.2, 0.25) is 5.91 Å². The van der Waals surface area contributed by atoms with Crippen LogP contribution in [0, 0.1) is 6.92 Å². The average molecular weight is 533 g/mol. The SMILES string of the molecule is CCC(=O)Nc1ccc(N2CCOCC2)c(-c2cn(C)c3ccccc23)c1S(=O)(=O)Nc1ccc(C)cc1. The van der Waals surface area contributed by atoms with Crippen LogP contribution in [0.2, 0.25) is 0 Å². The van der Waals surface area contributed by atoms with E-state index in [9.17, 15) is 13.2 Å². The number of aryl methyl sites for hydroxylation is 2. The first-order valence-electron chi connectivity index (χ1n) is 12.7. The van der Waals surface area contributed by atoms with Crippen molar-refractivity contribution in [3.8, 4) is 11.1 Å². The van der Waals surface area contributed by atoms with E-state index in [1.165, 1.54) is 0 Å². The van der Waals surface area contributed by atoms with Gasteiger partial charge in [-0.15, -0.1) is 0 Å². The third-order valence-electron chi connectivity index (χ3n) is 6.82. The summed E-state index contributed by atoms with van der Waals surface area (Å²) in [5, 5.41) is 3.77. The number of aromatic nitrogens is 1. The summed E-state index contributed by atoms with van der Waals surface area (Å²) < 4.78 is 38.8. The number of anilines is 3. The van der Waals surface area contributed by atoms with E-state index < -0.39 is 10.0 Å². The van der Waals surface area contributed by atoms with Crippen molar-refractivity contribution in [2.45, 2.75) is 25.2 Å². The van der Waals surface area contributed by atoms with Crippen LogP contribution in [0.15, 0.2) is 71.8 Å². The third-order valence-corrected chi connectivity index (χ3v) is 8.29. The molecule has 9 heteroatoms. The van der Waals surface area contributed by atoms with Crippen LogP contribution in [-0.4, -0.2) is 45.2 Å². The van der Waals surface area contributed by atoms with Crippen LogP contribution in [0.25, 0.3) is 22.0 Å². The van der Waals surface area contributed by atoms with E-state index in [-0.39, 0.29) is 22.9 Å². The summed E-state index contributed by atoms with van der Waals surface area (Å²) in [6, 6.07) is 18.7. The molecule has 0 radical (unpaired) electrons. The maximum Gasteiger partial charge on any atom is 0.264 e. The number of nitrogens with zero attached hydrogens (tertiary/aromatic N) is 2. The molecule has 38 heavy (non-hydrogen) atoms. The maximum atomic E-state index is 14.2. The van der Waals surface area contributed by atoms with E-state index in [1.54, 1.807) is 25.1 Å². The largest absolute Gasteiger partial charge is 0.378 e. The smallest absolute Gasteiger partial charge is 0.264 e. The molecule has 8 nitrogen and oxygen atoms in total. The zero-order valence-corrected chi connectivity index (χ0v) is 22.6. The minimum atomic E-state index is -4.14. The molecule has 1 aliphatic heterocycles. The van der Waals surface area contributed by atoms with Crippen molar-refractivity contribution >= 4 is 43.9 Å². The Bertz CT molecular complexity index is 1590. The molecule has 4 aromatic rings. The Morgan fingerprint density at radius 1 is 1.00 bits per heavy atom. The zero-order valence-electron chi connectivity index (χ0n) is 21.8. The van der Waals surface area contributed by atoms with Crippen molar-refractivity contribution in [1.82, 2.24) is 4.57 Å². The molecule has 1 aromatic heterocycles. The molecular weight excluding hydrogens is 500 g/mol. The molecule has 5 rings (SSSR count). The van der Waals surface area contributed by atoms with Crippen molar-refractivity contribution in [2.75, 3.05) is 41.2 Å². The molecule has 1 amide bonds. The number of ether oxygens (including phenoxy) is 1. The van der Waals surface area contributed by atoms with E-state index in [0.29, 0.717) is 37.6 Å². The Hall–Kier alpha value is -3.82. The number of fused-ring (bicyclic) bond motifs is 1. The van der Waals surface area contributed by atoms with Crippen molar-refractivity contribution in [3.05, 3.63) is 72.4 Å². The Morgan fingerprint density at radius 3 is 2.42 bits per heavy atom. The van der Waals surface area contributed by atoms with Gasteiger partial charge in [-0.3, -0.25) is 9.52 Å². The first kappa shape index (κ1) is 25.8. The van der Waals surface area contributed by atoms with Gasteiger partial charge in [-0.2, -0.15) is 0 Å². The molecule has 0 aliphatic carbocycles. The standard InChI is InChI=1S/C29H32N4O4S/c1-4-27(34)30-24-13-14-26(33-15-17-37-18-16-33)28(23-19-32(3)25-8-6-5-7-22(23)25)29(24)38(35,36)31-21-11-9-20(2)10-12-21/h5-14,19,31H,4,15-18H2,1-3H3,(H,30,34). The molecule has 0 bridgehead atoms. The molecule has 198 valence electrons. The summed E-state index contributed by atoms with van der Waals surface area (Å²) in [7, 11) is -2.20. The molecule has 0 unspecified atom stereocenters. The second-order valence-corrected chi connectivity index (χ2v) is 11.1. The fourth-order valence-corrected chi connectivity index (χ4v) is 6.33. The number of morpholine rings is 1. The maximum absolute atomic E-state index is 14.2. The molecule has 3 aromatic carbocycles. The molecule has 2 N–H and O–H groups in total. The van der Waals surface area contributed by atoms with Crippen LogP contribution >= 0.6 is 0 Å². The van der Waals surface area contributed by atoms with Crippen molar-refractivity contribution < 1.29 is 17.9 Å². The fourth-order valence-electron chi connectivity index (χ4n) is 4.89. The van der Waals surface area contributed by atoms with Crippen LogP contribution in [0.1, 0.15) is 18.9 Å². The van der Waals surface area contributed by atoms with Gasteiger partial charge < -0.3 is 19.5 Å². The predicted molar refractivity (Wildman–Crippen MR) is 152 cm³/mol. The van der Waals surface area contributed by atoms with Crippen LogP contribution in [0.4, 0.5) is 17.1 Å². The molecule has 1 fully saturated rings. The highest BCUT2D eigenvalue weighted by atomic mass is 32.2. The summed E-state index contributed by atoms with van der Waals surface area (Å²) >= 11 is 0. The first-order chi connectivity index (χ1) is 18.3. The van der Waals surface area contributed by atoms with Gasteiger partial charge in [0.1, 0.15) is 4.90 Å². The highest BCUT2D eigenvalue weighted by molar-refractivity contribution is 7.93.